The van der Waals surface area contributed by atoms with Gasteiger partial charge in [0, 0.05) is 0 Å². The molecule has 0 aromatic carbocycles. The summed E-state index contributed by atoms with van der Waals surface area (Å²) >= 11 is 15.3. The van der Waals surface area contributed by atoms with Crippen molar-refractivity contribution >= 4 is 70.8 Å². The maximum atomic E-state index is 4.71. The lowest BCUT2D eigenvalue weighted by atomic mass is 10.8. The van der Waals surface area contributed by atoms with Gasteiger partial charge >= 0.3 is 0 Å². The monoisotopic (exact) mass is 272 g/mol. The van der Waals surface area contributed by atoms with Gasteiger partial charge in [0.2, 0.25) is 0 Å². The van der Waals surface area contributed by atoms with Gasteiger partial charge in [-0.25, -0.2) is 0 Å². The van der Waals surface area contributed by atoms with Crippen molar-refractivity contribution in [2.75, 3.05) is 0 Å². The topological polar surface area (TPSA) is 129 Å². The Morgan fingerprint density at radius 3 is 1.14 bits per heavy atom. The molecule has 0 aromatic heterocycles. The number of rotatable bonds is 1. The number of hydrazone groups is 2. The minimum absolute atomic E-state index is 0.194. The quantitative estimate of drug-likeness (QED) is 0.122. The van der Waals surface area contributed by atoms with Gasteiger partial charge in [-0.1, -0.05) is 24.4 Å². The molecule has 0 atom stereocenters. The van der Waals surface area contributed by atoms with Crippen LogP contribution >= 0.6 is 49.7 Å². The molecule has 8 N–H and O–H groups in total. The zero-order valence-electron chi connectivity index (χ0n) is 7.07. The van der Waals surface area contributed by atoms with E-state index in [0.29, 0.717) is 0 Å². The van der Waals surface area contributed by atoms with E-state index in [0.717, 1.165) is 0 Å². The van der Waals surface area contributed by atoms with Gasteiger partial charge < -0.3 is 23.2 Å². The summed E-state index contributed by atoms with van der Waals surface area (Å²) in [5.41, 5.74) is 9.41. The van der Waals surface area contributed by atoms with Gasteiger partial charge in [0.05, 0.1) is 12.4 Å². The van der Waals surface area contributed by atoms with Crippen LogP contribution in [-0.4, -0.2) is 21.1 Å². The molecule has 0 aromatic rings. The van der Waals surface area contributed by atoms with Crippen molar-refractivity contribution in [1.82, 2.24) is 0 Å². The molecule has 14 heavy (non-hydrogen) atoms. The van der Waals surface area contributed by atoms with Crippen molar-refractivity contribution in [3.05, 3.63) is 0 Å². The van der Waals surface area contributed by atoms with Crippen molar-refractivity contribution in [1.29, 1.82) is 0 Å². The van der Waals surface area contributed by atoms with E-state index in [-0.39, 0.29) is 8.64 Å². The molecule has 0 rings (SSSR count). The molecule has 0 heterocycles. The second-order valence-electron chi connectivity index (χ2n) is 1.27. The Hall–Kier alpha value is -0.580. The van der Waals surface area contributed by atoms with Gasteiger partial charge in [0.25, 0.3) is 0 Å². The average molecular weight is 272 g/mol. The molecule has 0 fully saturated rings. The lowest BCUT2D eigenvalue weighted by molar-refractivity contribution is 1.25. The van der Waals surface area contributed by atoms with Crippen molar-refractivity contribution < 1.29 is 0 Å². The molecular formula is C4H12N6S4. The minimum atomic E-state index is 0.194. The summed E-state index contributed by atoms with van der Waals surface area (Å²) in [5.74, 6) is 9.27. The summed E-state index contributed by atoms with van der Waals surface area (Å²) in [5, 5.41) is 6.14. The number of thiol groups is 2. The average Bonchev–Trinajstić information content (AvgIpc) is 1.98. The first-order chi connectivity index (χ1) is 6.38. The van der Waals surface area contributed by atoms with Gasteiger partial charge in [-0.3, -0.25) is 0 Å². The first-order valence-electron chi connectivity index (χ1n) is 2.80. The number of nitrogens with zero attached hydrogens (tertiary/aromatic N) is 2. The van der Waals surface area contributed by atoms with Crippen LogP contribution in [0.25, 0.3) is 0 Å². The highest BCUT2D eigenvalue weighted by Crippen LogP contribution is 1.63. The SMILES string of the molecule is NC(=S)S.NC(=S)S.NN=CC=NN. The summed E-state index contributed by atoms with van der Waals surface area (Å²) in [6, 6.07) is 0. The zero-order chi connectivity index (χ0) is 12.0. The van der Waals surface area contributed by atoms with Gasteiger partial charge in [0.15, 0.2) is 0 Å². The third kappa shape index (κ3) is 212. The van der Waals surface area contributed by atoms with Crippen molar-refractivity contribution in [3.63, 3.8) is 0 Å². The third-order valence-electron chi connectivity index (χ3n) is 0.239. The van der Waals surface area contributed by atoms with Gasteiger partial charge in [-0.05, 0) is 0 Å². The van der Waals surface area contributed by atoms with E-state index < -0.39 is 0 Å². The Balaban J connectivity index is -0.000000135. The Morgan fingerprint density at radius 1 is 0.929 bits per heavy atom. The van der Waals surface area contributed by atoms with Crippen LogP contribution in [-0.2, 0) is 0 Å². The number of hydrogen-bond acceptors (Lipinski definition) is 6. The van der Waals surface area contributed by atoms with E-state index in [2.05, 4.69) is 71.6 Å². The fourth-order valence-corrected chi connectivity index (χ4v) is 0.0770. The van der Waals surface area contributed by atoms with Crippen LogP contribution < -0.4 is 23.2 Å². The number of nitrogens with two attached hydrogens (primary N) is 4. The fourth-order valence-electron chi connectivity index (χ4n) is 0.0770. The van der Waals surface area contributed by atoms with Crippen molar-refractivity contribution in [2.24, 2.45) is 33.4 Å². The molecule has 6 nitrogen and oxygen atoms in total. The van der Waals surface area contributed by atoms with Gasteiger partial charge in [-0.2, -0.15) is 10.2 Å². The fraction of sp³-hybridized carbons (Fsp3) is 0. The molecule has 82 valence electrons. The second kappa shape index (κ2) is 18.3. The summed E-state index contributed by atoms with van der Waals surface area (Å²) < 4.78 is 0.389. The van der Waals surface area contributed by atoms with Gasteiger partial charge in [-0.15, -0.1) is 25.3 Å². The summed E-state index contributed by atoms with van der Waals surface area (Å²) in [6.45, 7) is 0. The molecule has 0 aliphatic rings. The van der Waals surface area contributed by atoms with E-state index in [1.54, 1.807) is 0 Å². The Morgan fingerprint density at radius 2 is 1.07 bits per heavy atom. The molecule has 0 saturated carbocycles. The largest absolute Gasteiger partial charge is 0.385 e. The molecule has 0 unspecified atom stereocenters. The maximum Gasteiger partial charge on any atom is 0.128 e. The Kier molecular flexibility index (Phi) is 24.9. The van der Waals surface area contributed by atoms with Crippen molar-refractivity contribution in [3.8, 4) is 0 Å². The minimum Gasteiger partial charge on any atom is -0.385 e. The van der Waals surface area contributed by atoms with E-state index in [1.165, 1.54) is 12.4 Å². The Labute approximate surface area is 104 Å². The van der Waals surface area contributed by atoms with Crippen molar-refractivity contribution in [2.45, 2.75) is 0 Å². The highest BCUT2D eigenvalue weighted by atomic mass is 32.1. The smallest absolute Gasteiger partial charge is 0.128 e. The first-order valence-corrected chi connectivity index (χ1v) is 4.51. The zero-order valence-corrected chi connectivity index (χ0v) is 10.5. The van der Waals surface area contributed by atoms with E-state index >= 15 is 0 Å². The molecule has 0 amide bonds. The molecule has 0 aliphatic heterocycles. The summed E-state index contributed by atoms with van der Waals surface area (Å²) in [6.07, 6.45) is 2.58. The summed E-state index contributed by atoms with van der Waals surface area (Å²) in [4.78, 5) is 0. The molecule has 0 bridgehead atoms. The van der Waals surface area contributed by atoms with Gasteiger partial charge in [0.1, 0.15) is 8.64 Å². The summed E-state index contributed by atoms with van der Waals surface area (Å²) in [7, 11) is 0. The van der Waals surface area contributed by atoms with E-state index in [4.69, 9.17) is 11.5 Å². The Bertz CT molecular complexity index is 172. The predicted octanol–water partition coefficient (Wildman–Crippen LogP) is -0.805. The number of thiocarbonyl (C=S) groups is 2. The van der Waals surface area contributed by atoms with Crippen LogP contribution in [0, 0.1) is 0 Å². The van der Waals surface area contributed by atoms with Crippen LogP contribution in [0.15, 0.2) is 10.2 Å². The standard InChI is InChI=1S/C2H6N4.2CH3NS2/c3-5-1-2-6-4;2*2-1(3)4/h1-2H,3-4H2;2*(H3,2,3,4). The predicted molar refractivity (Wildman–Crippen MR) is 76.9 cm³/mol. The van der Waals surface area contributed by atoms with Crippen LogP contribution in [0.2, 0.25) is 0 Å². The molecule has 10 heteroatoms. The molecule has 0 aliphatic carbocycles. The maximum absolute atomic E-state index is 4.71. The highest BCUT2D eigenvalue weighted by Gasteiger charge is 1.56. The molecule has 0 saturated heterocycles. The van der Waals surface area contributed by atoms with E-state index in [1.807, 2.05) is 0 Å². The van der Waals surface area contributed by atoms with Crippen LogP contribution in [0.5, 0.6) is 0 Å². The second-order valence-corrected chi connectivity index (χ2v) is 3.72. The van der Waals surface area contributed by atoms with Crippen LogP contribution in [0.3, 0.4) is 0 Å². The molecule has 0 spiro atoms. The molecular weight excluding hydrogens is 260 g/mol. The van der Waals surface area contributed by atoms with Crippen LogP contribution in [0.1, 0.15) is 0 Å². The molecule has 0 radical (unpaired) electrons. The van der Waals surface area contributed by atoms with Crippen LogP contribution in [0.4, 0.5) is 0 Å². The highest BCUT2D eigenvalue weighted by molar-refractivity contribution is 8.11. The number of hydrogen-bond donors (Lipinski definition) is 6. The lowest BCUT2D eigenvalue weighted by Gasteiger charge is -1.65. The third-order valence-corrected chi connectivity index (χ3v) is 0.239. The first kappa shape index (κ1) is 19.1. The van der Waals surface area contributed by atoms with E-state index in [9.17, 15) is 0 Å². The lowest BCUT2D eigenvalue weighted by Crippen LogP contribution is -1.94. The normalized spacial score (nSPS) is 8.43.